The van der Waals surface area contributed by atoms with Crippen molar-refractivity contribution in [2.45, 2.75) is 19.3 Å². The van der Waals surface area contributed by atoms with Gasteiger partial charge in [0.25, 0.3) is 0 Å². The van der Waals surface area contributed by atoms with Gasteiger partial charge in [-0.15, -0.1) is 0 Å². The van der Waals surface area contributed by atoms with E-state index in [1.54, 1.807) is 6.20 Å². The van der Waals surface area contributed by atoms with Gasteiger partial charge in [0.2, 0.25) is 5.95 Å². The van der Waals surface area contributed by atoms with E-state index in [2.05, 4.69) is 27.4 Å². The largest absolute Gasteiger partial charge is 0.332 e. The predicted molar refractivity (Wildman–Crippen MR) is 133 cm³/mol. The van der Waals surface area contributed by atoms with Gasteiger partial charge in [0.05, 0.1) is 33.7 Å². The number of aryl methyl sites for hydroxylation is 1. The highest BCUT2D eigenvalue weighted by Gasteiger charge is 2.36. The minimum atomic E-state index is -0.100. The third-order valence-corrected chi connectivity index (χ3v) is 6.37. The number of aromatic amines is 1. The average molecular weight is 446 g/mol. The van der Waals surface area contributed by atoms with Crippen molar-refractivity contribution in [1.82, 2.24) is 19.7 Å². The molecule has 2 N–H and O–H groups in total. The van der Waals surface area contributed by atoms with Crippen LogP contribution in [0.15, 0.2) is 96.7 Å². The molecule has 0 saturated heterocycles. The Morgan fingerprint density at radius 3 is 2.44 bits per heavy atom. The SMILES string of the molecule is Cc1nn(-c2ccccc2)c2c1C(=O)/C(=C/Nc1nc3ccccc3[nH]1)C(c1ccccc1)C2. The predicted octanol–water partition coefficient (Wildman–Crippen LogP) is 5.58. The molecule has 0 radical (unpaired) electrons. The fraction of sp³-hybridized carbons (Fsp3) is 0.107. The number of Topliss-reactive ketones (excluding diaryl/α,β-unsaturated/α-hetero) is 1. The zero-order chi connectivity index (χ0) is 23.1. The smallest absolute Gasteiger partial charge is 0.205 e. The first-order chi connectivity index (χ1) is 16.7. The first-order valence-electron chi connectivity index (χ1n) is 11.3. The molecular formula is C28H23N5O. The van der Waals surface area contributed by atoms with E-state index in [0.29, 0.717) is 23.5 Å². The van der Waals surface area contributed by atoms with Crippen molar-refractivity contribution in [1.29, 1.82) is 0 Å². The minimum Gasteiger partial charge on any atom is -0.332 e. The maximum Gasteiger partial charge on any atom is 0.205 e. The Kier molecular flexibility index (Phi) is 4.84. The summed E-state index contributed by atoms with van der Waals surface area (Å²) in [5.74, 6) is 0.505. The number of hydrogen-bond donors (Lipinski definition) is 2. The van der Waals surface area contributed by atoms with Crippen LogP contribution in [0.2, 0.25) is 0 Å². The van der Waals surface area contributed by atoms with E-state index in [4.69, 9.17) is 5.10 Å². The van der Waals surface area contributed by atoms with Crippen LogP contribution in [-0.2, 0) is 6.42 Å². The van der Waals surface area contributed by atoms with Gasteiger partial charge >= 0.3 is 0 Å². The Balaban J connectivity index is 1.45. The van der Waals surface area contributed by atoms with Crippen LogP contribution < -0.4 is 5.32 Å². The van der Waals surface area contributed by atoms with Crippen molar-refractivity contribution in [3.05, 3.63) is 119 Å². The summed E-state index contributed by atoms with van der Waals surface area (Å²) < 4.78 is 1.92. The van der Waals surface area contributed by atoms with Crippen molar-refractivity contribution < 1.29 is 4.79 Å². The fourth-order valence-electron chi connectivity index (χ4n) is 4.76. The average Bonchev–Trinajstić information content (AvgIpc) is 3.45. The second-order valence-corrected chi connectivity index (χ2v) is 8.50. The highest BCUT2D eigenvalue weighted by molar-refractivity contribution is 6.12. The van der Waals surface area contributed by atoms with Crippen LogP contribution in [0.5, 0.6) is 0 Å². The molecule has 0 fully saturated rings. The molecular weight excluding hydrogens is 422 g/mol. The van der Waals surface area contributed by atoms with Gasteiger partial charge < -0.3 is 10.3 Å². The Bertz CT molecular complexity index is 1500. The van der Waals surface area contributed by atoms with E-state index < -0.39 is 0 Å². The van der Waals surface area contributed by atoms with Crippen LogP contribution in [0.3, 0.4) is 0 Å². The third kappa shape index (κ3) is 3.40. The number of allylic oxidation sites excluding steroid dienone is 1. The number of benzene rings is 3. The Hall–Kier alpha value is -4.45. The number of carbonyl (C=O) groups is 1. The Morgan fingerprint density at radius 1 is 0.971 bits per heavy atom. The lowest BCUT2D eigenvalue weighted by Gasteiger charge is -2.26. The Morgan fingerprint density at radius 2 is 1.68 bits per heavy atom. The quantitative estimate of drug-likeness (QED) is 0.354. The molecule has 1 aliphatic carbocycles. The normalized spacial score (nSPS) is 16.7. The summed E-state index contributed by atoms with van der Waals surface area (Å²) in [5, 5.41) is 8.00. The van der Waals surface area contributed by atoms with Crippen LogP contribution in [0.1, 0.15) is 33.2 Å². The maximum absolute atomic E-state index is 13.9. The number of carbonyl (C=O) groups excluding carboxylic acids is 1. The summed E-state index contributed by atoms with van der Waals surface area (Å²) in [7, 11) is 0. The zero-order valence-electron chi connectivity index (χ0n) is 18.7. The second-order valence-electron chi connectivity index (χ2n) is 8.50. The number of rotatable bonds is 4. The standard InChI is InChI=1S/C28H23N5O/c1-18-26-25(33(32-18)20-12-6-3-7-13-20)16-21(19-10-4-2-5-11-19)22(27(26)34)17-29-28-30-23-14-8-9-15-24(23)31-28/h2-15,17,21H,16H2,1H3,(H2,29,30,31)/b22-17+. The second kappa shape index (κ2) is 8.15. The summed E-state index contributed by atoms with van der Waals surface area (Å²) in [6, 6.07) is 28.0. The van der Waals surface area contributed by atoms with Crippen molar-refractivity contribution in [3.8, 4) is 5.69 Å². The third-order valence-electron chi connectivity index (χ3n) is 6.37. The summed E-state index contributed by atoms with van der Waals surface area (Å²) in [5.41, 5.74) is 6.95. The first-order valence-corrected chi connectivity index (χ1v) is 11.3. The number of nitrogens with one attached hydrogen (secondary N) is 2. The molecule has 6 heteroatoms. The molecule has 2 aromatic heterocycles. The molecule has 2 heterocycles. The number of aromatic nitrogens is 4. The number of imidazole rings is 1. The molecule has 0 saturated carbocycles. The molecule has 34 heavy (non-hydrogen) atoms. The molecule has 1 unspecified atom stereocenters. The van der Waals surface area contributed by atoms with Crippen LogP contribution >= 0.6 is 0 Å². The molecule has 3 aromatic carbocycles. The summed E-state index contributed by atoms with van der Waals surface area (Å²) in [6.45, 7) is 1.91. The van der Waals surface area contributed by atoms with Gasteiger partial charge in [-0.25, -0.2) is 9.67 Å². The van der Waals surface area contributed by atoms with Gasteiger partial charge in [0.1, 0.15) is 0 Å². The summed E-state index contributed by atoms with van der Waals surface area (Å²) >= 11 is 0. The molecule has 6 rings (SSSR count). The number of ketones is 1. The van der Waals surface area contributed by atoms with Crippen molar-refractivity contribution in [2.75, 3.05) is 5.32 Å². The van der Waals surface area contributed by atoms with E-state index in [0.717, 1.165) is 33.7 Å². The van der Waals surface area contributed by atoms with Crippen LogP contribution in [-0.4, -0.2) is 25.5 Å². The molecule has 1 atom stereocenters. The molecule has 1 aliphatic rings. The topological polar surface area (TPSA) is 75.6 Å². The van der Waals surface area contributed by atoms with E-state index >= 15 is 0 Å². The molecule has 0 spiro atoms. The van der Waals surface area contributed by atoms with Gasteiger partial charge in [-0.1, -0.05) is 60.7 Å². The molecule has 0 bridgehead atoms. The van der Waals surface area contributed by atoms with Gasteiger partial charge in [0.15, 0.2) is 5.78 Å². The van der Waals surface area contributed by atoms with E-state index in [9.17, 15) is 4.79 Å². The van der Waals surface area contributed by atoms with Gasteiger partial charge in [-0.05, 0) is 36.8 Å². The van der Waals surface area contributed by atoms with Gasteiger partial charge in [-0.3, -0.25) is 4.79 Å². The lowest BCUT2D eigenvalue weighted by molar-refractivity contribution is 0.102. The number of para-hydroxylation sites is 3. The number of anilines is 1. The van der Waals surface area contributed by atoms with E-state index in [-0.39, 0.29) is 11.7 Å². The number of H-pyrrole nitrogens is 1. The molecule has 5 aromatic rings. The first kappa shape index (κ1) is 20.2. The molecule has 0 amide bonds. The van der Waals surface area contributed by atoms with Crippen molar-refractivity contribution >= 4 is 22.8 Å². The number of hydrogen-bond acceptors (Lipinski definition) is 4. The highest BCUT2D eigenvalue weighted by Crippen LogP contribution is 2.38. The van der Waals surface area contributed by atoms with Crippen LogP contribution in [0.4, 0.5) is 5.95 Å². The monoisotopic (exact) mass is 445 g/mol. The van der Waals surface area contributed by atoms with E-state index in [1.165, 1.54) is 0 Å². The highest BCUT2D eigenvalue weighted by atomic mass is 16.1. The number of fused-ring (bicyclic) bond motifs is 2. The van der Waals surface area contributed by atoms with Gasteiger partial charge in [-0.2, -0.15) is 5.10 Å². The number of nitrogens with zero attached hydrogens (tertiary/aromatic N) is 3. The Labute approximate surface area is 197 Å². The summed E-state index contributed by atoms with van der Waals surface area (Å²) in [4.78, 5) is 21.7. The van der Waals surface area contributed by atoms with Crippen LogP contribution in [0, 0.1) is 6.92 Å². The van der Waals surface area contributed by atoms with Crippen LogP contribution in [0.25, 0.3) is 16.7 Å². The van der Waals surface area contributed by atoms with Crippen molar-refractivity contribution in [3.63, 3.8) is 0 Å². The summed E-state index contributed by atoms with van der Waals surface area (Å²) in [6.07, 6.45) is 2.48. The van der Waals surface area contributed by atoms with E-state index in [1.807, 2.05) is 84.4 Å². The fourth-order valence-corrected chi connectivity index (χ4v) is 4.76. The molecule has 0 aliphatic heterocycles. The van der Waals surface area contributed by atoms with Crippen molar-refractivity contribution in [2.24, 2.45) is 0 Å². The minimum absolute atomic E-state index is 0.00149. The lowest BCUT2D eigenvalue weighted by atomic mass is 9.78. The maximum atomic E-state index is 13.9. The van der Waals surface area contributed by atoms with Gasteiger partial charge in [0, 0.05) is 24.1 Å². The molecule has 166 valence electrons. The molecule has 6 nitrogen and oxygen atoms in total. The zero-order valence-corrected chi connectivity index (χ0v) is 18.7. The lowest BCUT2D eigenvalue weighted by Crippen LogP contribution is -2.24.